The second-order valence-corrected chi connectivity index (χ2v) is 3.80. The number of aromatic nitrogens is 3. The summed E-state index contributed by atoms with van der Waals surface area (Å²) < 4.78 is 13.8. The maximum atomic E-state index is 13.8. The lowest BCUT2D eigenvalue weighted by atomic mass is 10.0. The van der Waals surface area contributed by atoms with Gasteiger partial charge in [0, 0.05) is 5.56 Å². The van der Waals surface area contributed by atoms with Gasteiger partial charge in [-0.2, -0.15) is 15.4 Å². The Kier molecular flexibility index (Phi) is 3.82. The van der Waals surface area contributed by atoms with E-state index in [1.807, 2.05) is 6.07 Å². The van der Waals surface area contributed by atoms with E-state index >= 15 is 0 Å². The van der Waals surface area contributed by atoms with Gasteiger partial charge in [-0.15, -0.1) is 0 Å². The van der Waals surface area contributed by atoms with Gasteiger partial charge < -0.3 is 5.32 Å². The van der Waals surface area contributed by atoms with Gasteiger partial charge in [0.25, 0.3) is 0 Å². The zero-order chi connectivity index (χ0) is 12.1. The maximum absolute atomic E-state index is 13.8. The lowest BCUT2D eigenvalue weighted by Gasteiger charge is -2.16. The summed E-state index contributed by atoms with van der Waals surface area (Å²) in [5.41, 5.74) is 1.29. The summed E-state index contributed by atoms with van der Waals surface area (Å²) in [6, 6.07) is 6.46. The molecule has 1 atom stereocenters. The van der Waals surface area contributed by atoms with Crippen molar-refractivity contribution < 1.29 is 4.39 Å². The summed E-state index contributed by atoms with van der Waals surface area (Å²) in [6.07, 6.45) is 2.59. The molecule has 2 N–H and O–H groups in total. The molecule has 0 fully saturated rings. The number of halogens is 1. The molecule has 0 saturated carbocycles. The first-order valence-corrected chi connectivity index (χ1v) is 5.66. The summed E-state index contributed by atoms with van der Waals surface area (Å²) in [4.78, 5) is 0. The van der Waals surface area contributed by atoms with Crippen molar-refractivity contribution >= 4 is 0 Å². The zero-order valence-corrected chi connectivity index (χ0v) is 9.65. The predicted molar refractivity (Wildman–Crippen MR) is 62.9 cm³/mol. The van der Waals surface area contributed by atoms with Crippen molar-refractivity contribution in [1.29, 1.82) is 0 Å². The van der Waals surface area contributed by atoms with Crippen molar-refractivity contribution in [3.63, 3.8) is 0 Å². The van der Waals surface area contributed by atoms with Crippen LogP contribution in [0.25, 0.3) is 0 Å². The number of aromatic amines is 1. The number of rotatable bonds is 5. The average molecular weight is 234 g/mol. The molecule has 0 radical (unpaired) electrons. The van der Waals surface area contributed by atoms with Crippen LogP contribution in [0.1, 0.15) is 30.6 Å². The van der Waals surface area contributed by atoms with Gasteiger partial charge in [-0.05, 0) is 19.0 Å². The minimum atomic E-state index is -0.255. The van der Waals surface area contributed by atoms with Crippen LogP contribution < -0.4 is 5.32 Å². The highest BCUT2D eigenvalue weighted by Gasteiger charge is 2.18. The molecule has 0 amide bonds. The van der Waals surface area contributed by atoms with Crippen molar-refractivity contribution in [3.8, 4) is 0 Å². The van der Waals surface area contributed by atoms with E-state index in [-0.39, 0.29) is 11.9 Å². The van der Waals surface area contributed by atoms with Gasteiger partial charge in [0.1, 0.15) is 11.5 Å². The van der Waals surface area contributed by atoms with Crippen molar-refractivity contribution in [3.05, 3.63) is 47.5 Å². The third-order valence-corrected chi connectivity index (χ3v) is 2.54. The molecule has 2 rings (SSSR count). The standard InChI is InChI=1S/C12H15FN4/c1-2-7-14-12(11-8-15-17-16-11)9-5-3-4-6-10(9)13/h3-6,8,12,14H,2,7H2,1H3,(H,15,16,17). The molecule has 17 heavy (non-hydrogen) atoms. The first-order chi connectivity index (χ1) is 8.33. The van der Waals surface area contributed by atoms with Crippen molar-refractivity contribution in [2.45, 2.75) is 19.4 Å². The van der Waals surface area contributed by atoms with Gasteiger partial charge >= 0.3 is 0 Å². The van der Waals surface area contributed by atoms with E-state index in [9.17, 15) is 4.39 Å². The van der Waals surface area contributed by atoms with E-state index in [4.69, 9.17) is 0 Å². The third kappa shape index (κ3) is 2.68. The van der Waals surface area contributed by atoms with Gasteiger partial charge in [0.05, 0.1) is 12.2 Å². The third-order valence-electron chi connectivity index (χ3n) is 2.54. The highest BCUT2D eigenvalue weighted by molar-refractivity contribution is 5.27. The number of nitrogens with one attached hydrogen (secondary N) is 2. The van der Waals surface area contributed by atoms with Crippen LogP contribution in [0.2, 0.25) is 0 Å². The fourth-order valence-electron chi connectivity index (χ4n) is 1.72. The van der Waals surface area contributed by atoms with Crippen molar-refractivity contribution in [2.24, 2.45) is 0 Å². The number of H-pyrrole nitrogens is 1. The van der Waals surface area contributed by atoms with E-state index in [0.717, 1.165) is 13.0 Å². The van der Waals surface area contributed by atoms with Crippen LogP contribution in [0.4, 0.5) is 4.39 Å². The molecule has 1 aromatic carbocycles. The normalized spacial score (nSPS) is 12.6. The van der Waals surface area contributed by atoms with Gasteiger partial charge in [-0.1, -0.05) is 25.1 Å². The zero-order valence-electron chi connectivity index (χ0n) is 9.65. The monoisotopic (exact) mass is 234 g/mol. The van der Waals surface area contributed by atoms with E-state index in [1.54, 1.807) is 18.3 Å². The summed E-state index contributed by atoms with van der Waals surface area (Å²) in [6.45, 7) is 2.86. The second-order valence-electron chi connectivity index (χ2n) is 3.80. The smallest absolute Gasteiger partial charge is 0.128 e. The number of nitrogens with zero attached hydrogens (tertiary/aromatic N) is 2. The summed E-state index contributed by atoms with van der Waals surface area (Å²) in [7, 11) is 0. The van der Waals surface area contributed by atoms with Crippen LogP contribution >= 0.6 is 0 Å². The highest BCUT2D eigenvalue weighted by Crippen LogP contribution is 2.22. The first kappa shape index (κ1) is 11.7. The van der Waals surface area contributed by atoms with E-state index in [2.05, 4.69) is 27.7 Å². The lowest BCUT2D eigenvalue weighted by molar-refractivity contribution is 0.538. The van der Waals surface area contributed by atoms with E-state index in [1.165, 1.54) is 6.07 Å². The number of benzene rings is 1. The molecule has 5 heteroatoms. The first-order valence-electron chi connectivity index (χ1n) is 5.66. The second kappa shape index (κ2) is 5.54. The molecule has 90 valence electrons. The Morgan fingerprint density at radius 2 is 2.24 bits per heavy atom. The van der Waals surface area contributed by atoms with E-state index < -0.39 is 0 Å². The van der Waals surface area contributed by atoms with Crippen LogP contribution in [0, 0.1) is 5.82 Å². The molecular formula is C12H15FN4. The molecule has 2 aromatic rings. The Morgan fingerprint density at radius 1 is 1.41 bits per heavy atom. The number of hydrogen-bond acceptors (Lipinski definition) is 3. The largest absolute Gasteiger partial charge is 0.305 e. The summed E-state index contributed by atoms with van der Waals surface area (Å²) in [5, 5.41) is 13.6. The molecule has 0 aliphatic rings. The van der Waals surface area contributed by atoms with Crippen LogP contribution in [0.15, 0.2) is 30.5 Å². The Bertz CT molecular complexity index is 455. The molecule has 1 aromatic heterocycles. The molecule has 0 bridgehead atoms. The molecule has 0 aliphatic heterocycles. The maximum Gasteiger partial charge on any atom is 0.128 e. The quantitative estimate of drug-likeness (QED) is 0.832. The van der Waals surface area contributed by atoms with Gasteiger partial charge in [-0.3, -0.25) is 0 Å². The molecule has 0 saturated heterocycles. The lowest BCUT2D eigenvalue weighted by Crippen LogP contribution is -2.24. The topological polar surface area (TPSA) is 53.6 Å². The fraction of sp³-hybridized carbons (Fsp3) is 0.333. The van der Waals surface area contributed by atoms with Gasteiger partial charge in [0.15, 0.2) is 0 Å². The van der Waals surface area contributed by atoms with Crippen molar-refractivity contribution in [1.82, 2.24) is 20.7 Å². The van der Waals surface area contributed by atoms with Crippen LogP contribution in [-0.4, -0.2) is 22.0 Å². The average Bonchev–Trinajstić information content (AvgIpc) is 2.85. The van der Waals surface area contributed by atoms with E-state index in [0.29, 0.717) is 11.3 Å². The fourth-order valence-corrected chi connectivity index (χ4v) is 1.72. The highest BCUT2D eigenvalue weighted by atomic mass is 19.1. The van der Waals surface area contributed by atoms with Crippen LogP contribution in [0.5, 0.6) is 0 Å². The SMILES string of the molecule is CCCNC(c1cn[nH]n1)c1ccccc1F. The van der Waals surface area contributed by atoms with Gasteiger partial charge in [0.2, 0.25) is 0 Å². The Labute approximate surface area is 99.2 Å². The van der Waals surface area contributed by atoms with Crippen LogP contribution in [0.3, 0.4) is 0 Å². The Hall–Kier alpha value is -1.75. The van der Waals surface area contributed by atoms with Crippen molar-refractivity contribution in [2.75, 3.05) is 6.54 Å². The molecular weight excluding hydrogens is 219 g/mol. The molecule has 4 nitrogen and oxygen atoms in total. The minimum Gasteiger partial charge on any atom is -0.305 e. The minimum absolute atomic E-state index is 0.232. The predicted octanol–water partition coefficient (Wildman–Crippen LogP) is 2.03. The number of hydrogen-bond donors (Lipinski definition) is 2. The molecule has 1 unspecified atom stereocenters. The van der Waals surface area contributed by atoms with Gasteiger partial charge in [-0.25, -0.2) is 4.39 Å². The molecule has 1 heterocycles. The van der Waals surface area contributed by atoms with Crippen LogP contribution in [-0.2, 0) is 0 Å². The summed E-state index contributed by atoms with van der Waals surface area (Å²) >= 11 is 0. The Morgan fingerprint density at radius 3 is 2.88 bits per heavy atom. The molecule has 0 aliphatic carbocycles. The Balaban J connectivity index is 2.30. The summed E-state index contributed by atoms with van der Waals surface area (Å²) in [5.74, 6) is -0.232. The molecule has 0 spiro atoms.